The SMILES string of the molecule is COC(=O)c1c(C)nc(C)c([P+](O)(OCCC(C)C)OCCC(C)C)c1-c1cccc([N+](=O)[O-])c1. The molecule has 1 heterocycles. The van der Waals surface area contributed by atoms with Crippen LogP contribution in [0.4, 0.5) is 5.69 Å². The molecule has 0 aliphatic heterocycles. The van der Waals surface area contributed by atoms with E-state index in [9.17, 15) is 19.8 Å². The van der Waals surface area contributed by atoms with Crippen LogP contribution in [0.3, 0.4) is 0 Å². The number of nitro groups is 1. The van der Waals surface area contributed by atoms with Crippen LogP contribution in [0, 0.1) is 35.8 Å². The molecule has 0 bridgehead atoms. The number of ether oxygens (including phenoxy) is 1. The first-order chi connectivity index (χ1) is 16.4. The summed E-state index contributed by atoms with van der Waals surface area (Å²) in [4.78, 5) is 40.3. The van der Waals surface area contributed by atoms with E-state index in [1.54, 1.807) is 19.9 Å². The standard InChI is InChI=1S/C25H36N2O7P/c1-16(2)11-13-33-35(31,34-14-12-17(3)4)24-19(6)26-18(5)22(25(28)32-7)23(24)20-9-8-10-21(15-20)27(29)30/h8-10,15-17,31H,11-14H2,1-7H3/q+1. The van der Waals surface area contributed by atoms with Gasteiger partial charge in [-0.1, -0.05) is 39.8 Å². The fourth-order valence-electron chi connectivity index (χ4n) is 3.58. The van der Waals surface area contributed by atoms with Crippen LogP contribution < -0.4 is 5.30 Å². The van der Waals surface area contributed by atoms with Gasteiger partial charge in [-0.3, -0.25) is 15.1 Å². The van der Waals surface area contributed by atoms with Crippen molar-refractivity contribution in [2.45, 2.75) is 54.4 Å². The van der Waals surface area contributed by atoms with E-state index < -0.39 is 18.8 Å². The highest BCUT2D eigenvalue weighted by Crippen LogP contribution is 2.59. The summed E-state index contributed by atoms with van der Waals surface area (Å²) in [7, 11) is -2.50. The molecule has 10 heteroatoms. The number of hydrogen-bond donors (Lipinski definition) is 1. The van der Waals surface area contributed by atoms with Crippen LogP contribution in [0.5, 0.6) is 0 Å². The van der Waals surface area contributed by atoms with Gasteiger partial charge in [0.1, 0.15) is 0 Å². The Balaban J connectivity index is 2.84. The normalized spacial score (nSPS) is 11.8. The number of aromatic nitrogens is 1. The van der Waals surface area contributed by atoms with Gasteiger partial charge in [0, 0.05) is 12.1 Å². The van der Waals surface area contributed by atoms with Gasteiger partial charge in [0.25, 0.3) is 5.69 Å². The first-order valence-electron chi connectivity index (χ1n) is 11.7. The Morgan fingerprint density at radius 2 is 1.66 bits per heavy atom. The molecule has 2 rings (SSSR count). The van der Waals surface area contributed by atoms with Crippen molar-refractivity contribution < 1.29 is 28.4 Å². The molecular weight excluding hydrogens is 471 g/mol. The number of benzene rings is 1. The van der Waals surface area contributed by atoms with Crippen molar-refractivity contribution in [3.05, 3.63) is 51.3 Å². The molecule has 2 aromatic rings. The van der Waals surface area contributed by atoms with E-state index in [0.29, 0.717) is 41.6 Å². The summed E-state index contributed by atoms with van der Waals surface area (Å²) in [5.74, 6) is -0.00915. The molecule has 9 nitrogen and oxygen atoms in total. The number of hydrogen-bond acceptors (Lipinski definition) is 8. The van der Waals surface area contributed by atoms with Crippen molar-refractivity contribution in [2.24, 2.45) is 11.8 Å². The Hall–Kier alpha value is -2.45. The number of aryl methyl sites for hydroxylation is 2. The van der Waals surface area contributed by atoms with Crippen LogP contribution in [0.2, 0.25) is 0 Å². The third-order valence-electron chi connectivity index (χ3n) is 5.47. The lowest BCUT2D eigenvalue weighted by atomic mass is 9.97. The quantitative estimate of drug-likeness (QED) is 0.171. The summed E-state index contributed by atoms with van der Waals surface area (Å²) < 4.78 is 17.1. The Kier molecular flexibility index (Phi) is 10.3. The van der Waals surface area contributed by atoms with Gasteiger partial charge in [0.05, 0.1) is 47.8 Å². The number of carbonyl (C=O) groups excluding carboxylic acids is 1. The number of non-ortho nitro benzene ring substituents is 1. The summed E-state index contributed by atoms with van der Waals surface area (Å²) in [6.45, 7) is 12.0. The topological polar surface area (TPSA) is 121 Å². The summed E-state index contributed by atoms with van der Waals surface area (Å²) >= 11 is 0. The van der Waals surface area contributed by atoms with Crippen LogP contribution in [0.15, 0.2) is 24.3 Å². The molecule has 0 fully saturated rings. The lowest BCUT2D eigenvalue weighted by Crippen LogP contribution is -2.27. The van der Waals surface area contributed by atoms with E-state index in [4.69, 9.17) is 13.8 Å². The second-order valence-corrected chi connectivity index (χ2v) is 11.2. The molecule has 0 radical (unpaired) electrons. The highest BCUT2D eigenvalue weighted by Gasteiger charge is 2.50. The third kappa shape index (κ3) is 7.27. The molecule has 0 saturated carbocycles. The maximum Gasteiger partial charge on any atom is 0.448 e. The molecule has 0 atom stereocenters. The van der Waals surface area contributed by atoms with E-state index in [0.717, 1.165) is 0 Å². The van der Waals surface area contributed by atoms with Gasteiger partial charge in [-0.2, -0.15) is 13.9 Å². The Labute approximate surface area is 207 Å². The first kappa shape index (κ1) is 28.8. The monoisotopic (exact) mass is 507 g/mol. The molecular formula is C25H36N2O7P+. The van der Waals surface area contributed by atoms with Crippen LogP contribution in [0.1, 0.15) is 62.3 Å². The Morgan fingerprint density at radius 1 is 1.09 bits per heavy atom. The number of methoxy groups -OCH3 is 1. The fourth-order valence-corrected chi connectivity index (χ4v) is 5.61. The van der Waals surface area contributed by atoms with E-state index in [2.05, 4.69) is 4.98 Å². The third-order valence-corrected chi connectivity index (χ3v) is 7.64. The highest BCUT2D eigenvalue weighted by atomic mass is 31.2. The number of nitro benzene ring substituents is 1. The van der Waals surface area contributed by atoms with Crippen molar-refractivity contribution in [1.82, 2.24) is 4.98 Å². The largest absolute Gasteiger partial charge is 0.465 e. The van der Waals surface area contributed by atoms with Crippen LogP contribution in [-0.4, -0.2) is 41.1 Å². The molecule has 0 spiro atoms. The van der Waals surface area contributed by atoms with Crippen LogP contribution in [-0.2, 0) is 13.8 Å². The molecule has 192 valence electrons. The molecule has 1 aromatic carbocycles. The second kappa shape index (κ2) is 12.5. The van der Waals surface area contributed by atoms with Crippen molar-refractivity contribution >= 4 is 24.9 Å². The van der Waals surface area contributed by atoms with Gasteiger partial charge in [-0.15, -0.1) is 0 Å². The predicted octanol–water partition coefficient (Wildman–Crippen LogP) is 5.57. The van der Waals surface area contributed by atoms with Gasteiger partial charge < -0.3 is 4.74 Å². The zero-order valence-corrected chi connectivity index (χ0v) is 22.4. The minimum atomic E-state index is -3.75. The fraction of sp³-hybridized carbons (Fsp3) is 0.520. The number of carbonyl (C=O) groups is 1. The van der Waals surface area contributed by atoms with Gasteiger partial charge in [-0.25, -0.2) is 4.79 Å². The molecule has 0 amide bonds. The molecule has 0 unspecified atom stereocenters. The van der Waals surface area contributed by atoms with E-state index in [-0.39, 0.29) is 35.3 Å². The number of nitrogens with zero attached hydrogens (tertiary/aromatic N) is 2. The predicted molar refractivity (Wildman–Crippen MR) is 137 cm³/mol. The van der Waals surface area contributed by atoms with E-state index in [1.165, 1.54) is 25.3 Å². The maximum absolute atomic E-state index is 12.9. The Bertz CT molecular complexity index is 1040. The minimum absolute atomic E-state index is 0.104. The molecule has 35 heavy (non-hydrogen) atoms. The summed E-state index contributed by atoms with van der Waals surface area (Å²) in [5, 5.41) is 11.7. The zero-order chi connectivity index (χ0) is 26.3. The summed E-state index contributed by atoms with van der Waals surface area (Å²) in [6.07, 6.45) is 1.37. The van der Waals surface area contributed by atoms with Crippen molar-refractivity contribution in [2.75, 3.05) is 20.3 Å². The zero-order valence-electron chi connectivity index (χ0n) is 21.5. The molecule has 1 aromatic heterocycles. The summed E-state index contributed by atoms with van der Waals surface area (Å²) in [5.41, 5.74) is 1.38. The smallest absolute Gasteiger partial charge is 0.448 e. The molecule has 0 aliphatic carbocycles. The second-order valence-electron chi connectivity index (χ2n) is 9.23. The first-order valence-corrected chi connectivity index (χ1v) is 13.2. The number of rotatable bonds is 12. The van der Waals surface area contributed by atoms with Crippen LogP contribution >= 0.6 is 7.94 Å². The van der Waals surface area contributed by atoms with E-state index >= 15 is 0 Å². The lowest BCUT2D eigenvalue weighted by molar-refractivity contribution is -0.384. The highest BCUT2D eigenvalue weighted by molar-refractivity contribution is 7.69. The van der Waals surface area contributed by atoms with Gasteiger partial charge in [-0.05, 0) is 44.1 Å². The molecule has 0 aliphatic rings. The van der Waals surface area contributed by atoms with Gasteiger partial charge in [0.2, 0.25) is 5.30 Å². The average Bonchev–Trinajstić information content (AvgIpc) is 2.77. The van der Waals surface area contributed by atoms with Crippen molar-refractivity contribution in [1.29, 1.82) is 0 Å². The maximum atomic E-state index is 12.9. The van der Waals surface area contributed by atoms with Crippen molar-refractivity contribution in [3.63, 3.8) is 0 Å². The minimum Gasteiger partial charge on any atom is -0.465 e. The summed E-state index contributed by atoms with van der Waals surface area (Å²) in [6, 6.07) is 5.89. The lowest BCUT2D eigenvalue weighted by Gasteiger charge is -2.23. The van der Waals surface area contributed by atoms with Gasteiger partial charge >= 0.3 is 13.9 Å². The van der Waals surface area contributed by atoms with Crippen LogP contribution in [0.25, 0.3) is 11.1 Å². The van der Waals surface area contributed by atoms with Crippen molar-refractivity contribution in [3.8, 4) is 11.1 Å². The van der Waals surface area contributed by atoms with Gasteiger partial charge in [0.15, 0.2) is 0 Å². The number of esters is 1. The Morgan fingerprint density at radius 3 is 2.14 bits per heavy atom. The molecule has 0 saturated heterocycles. The average molecular weight is 508 g/mol. The van der Waals surface area contributed by atoms with E-state index in [1.807, 2.05) is 27.7 Å². The number of pyridine rings is 1. The molecule has 1 N–H and O–H groups in total.